The Labute approximate surface area is 207 Å². The molecular weight excluding hydrogens is 502 g/mol. The van der Waals surface area contributed by atoms with Crippen LogP contribution < -0.4 is 4.74 Å². The van der Waals surface area contributed by atoms with Crippen LogP contribution in [0.2, 0.25) is 0 Å². The SMILES string of the molecule is CC(C)SC(=O)C(Br)=C[C@H]1C(C)(C)[C@]1(C(=O)O)[C@@H](C#N)c1cccc(Oc2ccccc2)c1. The van der Waals surface area contributed by atoms with Crippen LogP contribution in [0.1, 0.15) is 39.2 Å². The summed E-state index contributed by atoms with van der Waals surface area (Å²) in [6.45, 7) is 7.50. The highest BCUT2D eigenvalue weighted by Crippen LogP contribution is 2.75. The van der Waals surface area contributed by atoms with Crippen molar-refractivity contribution in [2.75, 3.05) is 0 Å². The van der Waals surface area contributed by atoms with Gasteiger partial charge in [0.25, 0.3) is 0 Å². The van der Waals surface area contributed by atoms with Gasteiger partial charge in [-0.1, -0.05) is 75.9 Å². The minimum Gasteiger partial charge on any atom is -0.481 e. The Bertz CT molecular complexity index is 1120. The molecule has 2 aromatic carbocycles. The van der Waals surface area contributed by atoms with Crippen LogP contribution in [0, 0.1) is 28.1 Å². The summed E-state index contributed by atoms with van der Waals surface area (Å²) in [6, 6.07) is 18.5. The second kappa shape index (κ2) is 9.74. The summed E-state index contributed by atoms with van der Waals surface area (Å²) in [6.07, 6.45) is 1.67. The van der Waals surface area contributed by atoms with E-state index in [0.29, 0.717) is 21.5 Å². The molecule has 1 saturated carbocycles. The van der Waals surface area contributed by atoms with E-state index >= 15 is 0 Å². The van der Waals surface area contributed by atoms with Gasteiger partial charge in [-0.15, -0.1) is 0 Å². The van der Waals surface area contributed by atoms with Crippen LogP contribution in [0.5, 0.6) is 11.5 Å². The minimum atomic E-state index is -1.38. The number of carbonyl (C=O) groups is 2. The quantitative estimate of drug-likeness (QED) is 0.381. The van der Waals surface area contributed by atoms with Crippen LogP contribution in [0.25, 0.3) is 0 Å². The van der Waals surface area contributed by atoms with Crippen LogP contribution in [-0.4, -0.2) is 21.4 Å². The van der Waals surface area contributed by atoms with E-state index in [4.69, 9.17) is 4.74 Å². The fraction of sp³-hybridized carbons (Fsp3) is 0.346. The molecule has 7 heteroatoms. The summed E-state index contributed by atoms with van der Waals surface area (Å²) in [7, 11) is 0. The number of allylic oxidation sites excluding steroid dienone is 1. The van der Waals surface area contributed by atoms with E-state index in [9.17, 15) is 20.0 Å². The molecule has 1 N–H and O–H groups in total. The van der Waals surface area contributed by atoms with Crippen molar-refractivity contribution in [3.8, 4) is 17.6 Å². The van der Waals surface area contributed by atoms with Crippen LogP contribution in [-0.2, 0) is 9.59 Å². The van der Waals surface area contributed by atoms with Crippen molar-refractivity contribution in [1.29, 1.82) is 5.26 Å². The van der Waals surface area contributed by atoms with Gasteiger partial charge in [-0.2, -0.15) is 5.26 Å². The lowest BCUT2D eigenvalue weighted by molar-refractivity contribution is -0.145. The lowest BCUT2D eigenvalue weighted by Crippen LogP contribution is -2.28. The zero-order chi connectivity index (χ0) is 24.4. The van der Waals surface area contributed by atoms with Gasteiger partial charge in [0.15, 0.2) is 0 Å². The Morgan fingerprint density at radius 3 is 2.36 bits per heavy atom. The molecule has 0 heterocycles. The fourth-order valence-electron chi connectivity index (χ4n) is 4.57. The number of carboxylic acids is 1. The molecule has 33 heavy (non-hydrogen) atoms. The minimum absolute atomic E-state index is 0.106. The molecule has 1 aliphatic rings. The summed E-state index contributed by atoms with van der Waals surface area (Å²) in [5.41, 5.74) is -1.55. The molecule has 1 aliphatic carbocycles. The fourth-order valence-corrected chi connectivity index (χ4v) is 5.72. The van der Waals surface area contributed by atoms with Crippen LogP contribution in [0.3, 0.4) is 0 Å². The van der Waals surface area contributed by atoms with E-state index in [1.54, 1.807) is 30.3 Å². The average molecular weight is 528 g/mol. The largest absolute Gasteiger partial charge is 0.481 e. The number of rotatable bonds is 8. The third-order valence-corrected chi connectivity index (χ3v) is 8.00. The predicted octanol–water partition coefficient (Wildman–Crippen LogP) is 6.76. The Kier molecular flexibility index (Phi) is 7.40. The molecule has 0 saturated heterocycles. The van der Waals surface area contributed by atoms with Crippen molar-refractivity contribution in [2.45, 2.75) is 38.9 Å². The van der Waals surface area contributed by atoms with Crippen LogP contribution in [0.15, 0.2) is 65.2 Å². The number of carboxylic acid groups (broad SMARTS) is 1. The third kappa shape index (κ3) is 4.73. The van der Waals surface area contributed by atoms with Gasteiger partial charge < -0.3 is 9.84 Å². The summed E-state index contributed by atoms with van der Waals surface area (Å²) < 4.78 is 6.23. The van der Waals surface area contributed by atoms with E-state index < -0.39 is 28.6 Å². The molecular formula is C26H26BrNO4S. The number of nitrogens with zero attached hydrogens (tertiary/aromatic N) is 1. The molecule has 1 fully saturated rings. The number of ether oxygens (including phenoxy) is 1. The number of halogens is 1. The molecule has 0 amide bonds. The predicted molar refractivity (Wildman–Crippen MR) is 133 cm³/mol. The van der Waals surface area contributed by atoms with Gasteiger partial charge in [0.2, 0.25) is 5.12 Å². The van der Waals surface area contributed by atoms with Crippen molar-refractivity contribution < 1.29 is 19.4 Å². The van der Waals surface area contributed by atoms with E-state index in [-0.39, 0.29) is 10.4 Å². The maximum Gasteiger partial charge on any atom is 0.312 e. The van der Waals surface area contributed by atoms with Gasteiger partial charge in [-0.25, -0.2) is 0 Å². The zero-order valence-corrected chi connectivity index (χ0v) is 21.3. The summed E-state index contributed by atoms with van der Waals surface area (Å²) in [5.74, 6) is -1.32. The van der Waals surface area contributed by atoms with Gasteiger partial charge in [0.1, 0.15) is 16.9 Å². The smallest absolute Gasteiger partial charge is 0.312 e. The molecule has 0 spiro atoms. The van der Waals surface area contributed by atoms with E-state index in [1.807, 2.05) is 58.0 Å². The number of carbonyl (C=O) groups excluding carboxylic acids is 1. The Morgan fingerprint density at radius 2 is 1.79 bits per heavy atom. The Balaban J connectivity index is 1.98. The standard InChI is InChI=1S/C26H26BrNO4S/c1-16(2)33-23(29)21(27)14-22-25(3,4)26(22,24(30)31)20(15-28)17-9-8-12-19(13-17)32-18-10-6-5-7-11-18/h5-14,16,20,22H,1-4H3,(H,30,31)/t20-,22-,26+/m0/s1. The summed E-state index contributed by atoms with van der Waals surface area (Å²) >= 11 is 4.51. The highest BCUT2D eigenvalue weighted by molar-refractivity contribution is 9.12. The number of thioether (sulfide) groups is 1. The maximum absolute atomic E-state index is 12.7. The third-order valence-electron chi connectivity index (χ3n) is 6.21. The van der Waals surface area contributed by atoms with Gasteiger partial charge >= 0.3 is 5.97 Å². The molecule has 5 nitrogen and oxygen atoms in total. The van der Waals surface area contributed by atoms with Gasteiger partial charge in [-0.05, 0) is 51.2 Å². The summed E-state index contributed by atoms with van der Waals surface area (Å²) in [4.78, 5) is 25.1. The number of nitriles is 1. The number of hydrogen-bond acceptors (Lipinski definition) is 5. The van der Waals surface area contributed by atoms with Crippen molar-refractivity contribution in [2.24, 2.45) is 16.7 Å². The van der Waals surface area contributed by atoms with Gasteiger partial charge in [-0.3, -0.25) is 9.59 Å². The van der Waals surface area contributed by atoms with E-state index in [2.05, 4.69) is 22.0 Å². The van der Waals surface area contributed by atoms with Crippen LogP contribution >= 0.6 is 27.7 Å². The molecule has 3 atom stereocenters. The number of para-hydroxylation sites is 1. The van der Waals surface area contributed by atoms with Crippen molar-refractivity contribution in [1.82, 2.24) is 0 Å². The zero-order valence-electron chi connectivity index (χ0n) is 18.9. The number of aliphatic carboxylic acids is 1. The Hall–Kier alpha value is -2.56. The monoisotopic (exact) mass is 527 g/mol. The highest BCUT2D eigenvalue weighted by Gasteiger charge is 2.78. The molecule has 2 aromatic rings. The number of hydrogen-bond donors (Lipinski definition) is 1. The van der Waals surface area contributed by atoms with Crippen molar-refractivity contribution in [3.63, 3.8) is 0 Å². The highest BCUT2D eigenvalue weighted by atomic mass is 79.9. The molecule has 0 unspecified atom stereocenters. The molecule has 3 rings (SSSR count). The first-order valence-corrected chi connectivity index (χ1v) is 12.3. The van der Waals surface area contributed by atoms with Gasteiger partial charge in [0, 0.05) is 11.2 Å². The lowest BCUT2D eigenvalue weighted by Gasteiger charge is -2.22. The first-order valence-electron chi connectivity index (χ1n) is 10.6. The molecule has 172 valence electrons. The van der Waals surface area contributed by atoms with E-state index in [1.165, 1.54) is 11.8 Å². The molecule has 0 radical (unpaired) electrons. The topological polar surface area (TPSA) is 87.4 Å². The van der Waals surface area contributed by atoms with Crippen molar-refractivity contribution in [3.05, 3.63) is 70.7 Å². The lowest BCUT2D eigenvalue weighted by atomic mass is 9.78. The molecule has 0 aliphatic heterocycles. The van der Waals surface area contributed by atoms with Crippen molar-refractivity contribution >= 4 is 38.8 Å². The molecule has 0 aromatic heterocycles. The Morgan fingerprint density at radius 1 is 1.15 bits per heavy atom. The summed E-state index contributed by atoms with van der Waals surface area (Å²) in [5, 5.41) is 20.4. The second-order valence-electron chi connectivity index (χ2n) is 8.89. The normalized spacial score (nSPS) is 22.3. The second-order valence-corrected chi connectivity index (χ2v) is 11.3. The first-order chi connectivity index (χ1) is 15.5. The molecule has 0 bridgehead atoms. The van der Waals surface area contributed by atoms with Gasteiger partial charge in [0.05, 0.1) is 16.5 Å². The average Bonchev–Trinajstić information content (AvgIpc) is 3.24. The van der Waals surface area contributed by atoms with E-state index in [0.717, 1.165) is 0 Å². The maximum atomic E-state index is 12.7. The van der Waals surface area contributed by atoms with Crippen LogP contribution in [0.4, 0.5) is 0 Å². The first kappa shape index (κ1) is 25.1. The number of benzene rings is 2.